The van der Waals surface area contributed by atoms with Gasteiger partial charge in [-0.3, -0.25) is 14.5 Å². The van der Waals surface area contributed by atoms with Crippen LogP contribution in [-0.4, -0.2) is 41.0 Å². The van der Waals surface area contributed by atoms with E-state index < -0.39 is 5.97 Å². The fraction of sp³-hybridized carbons (Fsp3) is 0.529. The van der Waals surface area contributed by atoms with Crippen molar-refractivity contribution in [3.05, 3.63) is 29.8 Å². The molecule has 1 aromatic carbocycles. The van der Waals surface area contributed by atoms with Crippen LogP contribution < -0.4 is 5.32 Å². The lowest BCUT2D eigenvalue weighted by atomic mass is 10.1. The molecule has 0 aromatic heterocycles. The van der Waals surface area contributed by atoms with Crippen LogP contribution in [0.2, 0.25) is 0 Å². The van der Waals surface area contributed by atoms with E-state index in [9.17, 15) is 9.59 Å². The highest BCUT2D eigenvalue weighted by Gasteiger charge is 2.21. The number of anilines is 1. The number of nitrogens with one attached hydrogen (secondary N) is 1. The van der Waals surface area contributed by atoms with Crippen LogP contribution in [0.3, 0.4) is 0 Å². The van der Waals surface area contributed by atoms with Crippen LogP contribution in [0.15, 0.2) is 24.3 Å². The van der Waals surface area contributed by atoms with E-state index in [2.05, 4.69) is 10.2 Å². The quantitative estimate of drug-likeness (QED) is 0.736. The second-order valence-electron chi connectivity index (χ2n) is 5.23. The first-order valence-corrected chi connectivity index (χ1v) is 7.87. The van der Waals surface area contributed by atoms with Crippen molar-refractivity contribution in [2.24, 2.45) is 0 Å². The fourth-order valence-electron chi connectivity index (χ4n) is 2.56. The standard InChI is InChI=1S/C17H26N2O3/c1-4-15(19(5-2)6-3)17(22)18-14-9-7-8-13(12-14)10-11-16(20)21/h7-9,12,15H,4-6,10-11H2,1-3H3,(H,18,22)(H,20,21). The maximum Gasteiger partial charge on any atom is 0.303 e. The maximum atomic E-state index is 12.4. The highest BCUT2D eigenvalue weighted by molar-refractivity contribution is 5.94. The summed E-state index contributed by atoms with van der Waals surface area (Å²) >= 11 is 0. The van der Waals surface area contributed by atoms with Crippen molar-refractivity contribution >= 4 is 17.6 Å². The number of carboxylic acids is 1. The topological polar surface area (TPSA) is 69.6 Å². The Morgan fingerprint density at radius 1 is 1.23 bits per heavy atom. The maximum absolute atomic E-state index is 12.4. The number of nitrogens with zero attached hydrogens (tertiary/aromatic N) is 1. The number of carbonyl (C=O) groups is 2. The van der Waals surface area contributed by atoms with E-state index in [0.29, 0.717) is 6.42 Å². The Hall–Kier alpha value is -1.88. The molecule has 0 aliphatic heterocycles. The monoisotopic (exact) mass is 306 g/mol. The minimum atomic E-state index is -0.818. The van der Waals surface area contributed by atoms with E-state index in [4.69, 9.17) is 5.11 Å². The first-order valence-electron chi connectivity index (χ1n) is 7.87. The smallest absolute Gasteiger partial charge is 0.303 e. The van der Waals surface area contributed by atoms with E-state index >= 15 is 0 Å². The summed E-state index contributed by atoms with van der Waals surface area (Å²) < 4.78 is 0. The Morgan fingerprint density at radius 2 is 1.91 bits per heavy atom. The summed E-state index contributed by atoms with van der Waals surface area (Å²) in [7, 11) is 0. The molecule has 5 heteroatoms. The molecule has 0 spiro atoms. The summed E-state index contributed by atoms with van der Waals surface area (Å²) in [5.74, 6) is -0.830. The van der Waals surface area contributed by atoms with Crippen molar-refractivity contribution in [2.45, 2.75) is 46.1 Å². The normalized spacial score (nSPS) is 12.2. The Balaban J connectivity index is 2.74. The van der Waals surface area contributed by atoms with Gasteiger partial charge in [-0.2, -0.15) is 0 Å². The Labute approximate surface area is 132 Å². The summed E-state index contributed by atoms with van der Waals surface area (Å²) in [6.45, 7) is 7.77. The number of rotatable bonds is 9. The predicted octanol–water partition coefficient (Wildman–Crippen LogP) is 2.76. The Morgan fingerprint density at radius 3 is 2.45 bits per heavy atom. The van der Waals surface area contributed by atoms with Gasteiger partial charge in [0.15, 0.2) is 0 Å². The van der Waals surface area contributed by atoms with Crippen LogP contribution in [0, 0.1) is 0 Å². The van der Waals surface area contributed by atoms with Gasteiger partial charge < -0.3 is 10.4 Å². The molecule has 1 aromatic rings. The minimum absolute atomic E-state index is 0.0124. The molecule has 0 fully saturated rings. The number of carbonyl (C=O) groups excluding carboxylic acids is 1. The van der Waals surface area contributed by atoms with E-state index in [1.165, 1.54) is 0 Å². The molecule has 2 N–H and O–H groups in total. The first-order chi connectivity index (χ1) is 10.5. The molecular formula is C17H26N2O3. The van der Waals surface area contributed by atoms with E-state index in [0.717, 1.165) is 30.8 Å². The highest BCUT2D eigenvalue weighted by atomic mass is 16.4. The number of carboxylic acid groups (broad SMARTS) is 1. The fourth-order valence-corrected chi connectivity index (χ4v) is 2.56. The molecular weight excluding hydrogens is 280 g/mol. The van der Waals surface area contributed by atoms with Gasteiger partial charge in [0, 0.05) is 12.1 Å². The molecule has 1 rings (SSSR count). The van der Waals surface area contributed by atoms with Gasteiger partial charge in [-0.05, 0) is 43.6 Å². The predicted molar refractivity (Wildman–Crippen MR) is 88.0 cm³/mol. The van der Waals surface area contributed by atoms with Gasteiger partial charge in [0.2, 0.25) is 5.91 Å². The Kier molecular flexibility index (Phi) is 7.60. The third-order valence-electron chi connectivity index (χ3n) is 3.76. The van der Waals surface area contributed by atoms with Crippen LogP contribution in [-0.2, 0) is 16.0 Å². The number of aryl methyl sites for hydroxylation is 1. The number of aliphatic carboxylic acids is 1. The molecule has 22 heavy (non-hydrogen) atoms. The molecule has 0 heterocycles. The zero-order valence-corrected chi connectivity index (χ0v) is 13.6. The van der Waals surface area contributed by atoms with Gasteiger partial charge in [-0.1, -0.05) is 32.9 Å². The van der Waals surface area contributed by atoms with Crippen LogP contribution in [0.4, 0.5) is 5.69 Å². The van der Waals surface area contributed by atoms with Gasteiger partial charge in [0.05, 0.1) is 6.04 Å². The number of benzene rings is 1. The lowest BCUT2D eigenvalue weighted by Crippen LogP contribution is -2.43. The van der Waals surface area contributed by atoms with Crippen molar-refractivity contribution in [1.29, 1.82) is 0 Å². The van der Waals surface area contributed by atoms with Crippen LogP contribution >= 0.6 is 0 Å². The van der Waals surface area contributed by atoms with Crippen LogP contribution in [0.25, 0.3) is 0 Å². The molecule has 0 aliphatic carbocycles. The van der Waals surface area contributed by atoms with Gasteiger partial charge in [0.25, 0.3) is 0 Å². The number of likely N-dealkylation sites (N-methyl/N-ethyl adjacent to an activating group) is 1. The van der Waals surface area contributed by atoms with Crippen LogP contribution in [0.1, 0.15) is 39.2 Å². The zero-order chi connectivity index (χ0) is 16.5. The van der Waals surface area contributed by atoms with Gasteiger partial charge in [-0.25, -0.2) is 0 Å². The number of hydrogen-bond donors (Lipinski definition) is 2. The van der Waals surface area contributed by atoms with Gasteiger partial charge >= 0.3 is 5.97 Å². The van der Waals surface area contributed by atoms with Gasteiger partial charge in [0.1, 0.15) is 0 Å². The summed E-state index contributed by atoms with van der Waals surface area (Å²) in [6, 6.07) is 7.25. The molecule has 0 bridgehead atoms. The second-order valence-corrected chi connectivity index (χ2v) is 5.23. The van der Waals surface area contributed by atoms with E-state index in [1.54, 1.807) is 0 Å². The average molecular weight is 306 g/mol. The molecule has 1 unspecified atom stereocenters. The highest BCUT2D eigenvalue weighted by Crippen LogP contribution is 2.14. The molecule has 0 aliphatic rings. The first kappa shape index (κ1) is 18.2. The SMILES string of the molecule is CCC(C(=O)Nc1cccc(CCC(=O)O)c1)N(CC)CC. The van der Waals surface area contributed by atoms with Crippen molar-refractivity contribution in [3.8, 4) is 0 Å². The molecule has 1 atom stereocenters. The minimum Gasteiger partial charge on any atom is -0.481 e. The van der Waals surface area contributed by atoms with Gasteiger partial charge in [-0.15, -0.1) is 0 Å². The number of hydrogen-bond acceptors (Lipinski definition) is 3. The summed E-state index contributed by atoms with van der Waals surface area (Å²) in [5, 5.41) is 11.7. The summed E-state index contributed by atoms with van der Waals surface area (Å²) in [5.41, 5.74) is 1.63. The molecule has 0 saturated carbocycles. The third-order valence-corrected chi connectivity index (χ3v) is 3.76. The molecule has 1 amide bonds. The lowest BCUT2D eigenvalue weighted by molar-refractivity contribution is -0.137. The molecule has 122 valence electrons. The second kappa shape index (κ2) is 9.20. The summed E-state index contributed by atoms with van der Waals surface area (Å²) in [6.07, 6.45) is 1.31. The molecule has 0 radical (unpaired) electrons. The summed E-state index contributed by atoms with van der Waals surface area (Å²) in [4.78, 5) is 25.2. The van der Waals surface area contributed by atoms with Crippen molar-refractivity contribution in [3.63, 3.8) is 0 Å². The van der Waals surface area contributed by atoms with E-state index in [-0.39, 0.29) is 18.4 Å². The third kappa shape index (κ3) is 5.48. The lowest BCUT2D eigenvalue weighted by Gasteiger charge is -2.27. The number of amides is 1. The van der Waals surface area contributed by atoms with Crippen molar-refractivity contribution in [2.75, 3.05) is 18.4 Å². The van der Waals surface area contributed by atoms with Crippen molar-refractivity contribution in [1.82, 2.24) is 4.90 Å². The molecule has 5 nitrogen and oxygen atoms in total. The van der Waals surface area contributed by atoms with Crippen molar-refractivity contribution < 1.29 is 14.7 Å². The Bertz CT molecular complexity index is 498. The largest absolute Gasteiger partial charge is 0.481 e. The zero-order valence-electron chi connectivity index (χ0n) is 13.6. The van der Waals surface area contributed by atoms with E-state index in [1.807, 2.05) is 45.0 Å². The average Bonchev–Trinajstić information content (AvgIpc) is 2.50. The van der Waals surface area contributed by atoms with Crippen LogP contribution in [0.5, 0.6) is 0 Å². The molecule has 0 saturated heterocycles.